The molecule has 0 saturated carbocycles. The van der Waals surface area contributed by atoms with Gasteiger partial charge in [-0.15, -0.1) is 0 Å². The van der Waals surface area contributed by atoms with Crippen LogP contribution in [-0.2, 0) is 0 Å². The first kappa shape index (κ1) is 9.98. The van der Waals surface area contributed by atoms with Gasteiger partial charge in [0.2, 0.25) is 0 Å². The van der Waals surface area contributed by atoms with Crippen LogP contribution in [0.1, 0.15) is 0 Å². The highest BCUT2D eigenvalue weighted by molar-refractivity contribution is 14.1. The zero-order valence-electron chi connectivity index (χ0n) is 6.90. The second-order valence-electron chi connectivity index (χ2n) is 2.59. The molecule has 0 spiro atoms. The fraction of sp³-hybridized carbons (Fsp3) is 0.250. The van der Waals surface area contributed by atoms with Crippen LogP contribution in [0.4, 0.5) is 4.39 Å². The van der Waals surface area contributed by atoms with Crippen LogP contribution in [0.3, 0.4) is 0 Å². The number of rotatable bonds is 2. The Kier molecular flexibility index (Phi) is 3.51. The van der Waals surface area contributed by atoms with E-state index in [1.165, 1.54) is 6.07 Å². The summed E-state index contributed by atoms with van der Waals surface area (Å²) in [5.41, 5.74) is 0. The summed E-state index contributed by atoms with van der Waals surface area (Å²) in [6.07, 6.45) is 0. The van der Waals surface area contributed by atoms with Gasteiger partial charge in [0.05, 0.1) is 0 Å². The molecule has 65 valence electrons. The van der Waals surface area contributed by atoms with E-state index in [1.54, 1.807) is 12.1 Å². The Morgan fingerprint density at radius 1 is 1.42 bits per heavy atom. The Labute approximate surface area is 86.8 Å². The van der Waals surface area contributed by atoms with Gasteiger partial charge in [-0.2, -0.15) is 0 Å². The lowest BCUT2D eigenvalue weighted by Crippen LogP contribution is -2.11. The van der Waals surface area contributed by atoms with E-state index in [1.807, 2.05) is 35.7 Å². The third kappa shape index (κ3) is 2.74. The molecule has 0 aromatic heterocycles. The lowest BCUT2D eigenvalue weighted by Gasteiger charge is -2.07. The zero-order valence-corrected chi connectivity index (χ0v) is 10.1. The largest absolute Gasteiger partial charge is 0.543 e. The Morgan fingerprint density at radius 2 is 2.08 bits per heavy atom. The van der Waals surface area contributed by atoms with Crippen molar-refractivity contribution in [3.63, 3.8) is 0 Å². The minimum absolute atomic E-state index is 0.212. The molecule has 4 heteroatoms. The molecule has 0 aliphatic rings. The maximum absolute atomic E-state index is 13.0. The summed E-state index contributed by atoms with van der Waals surface area (Å²) in [5.74, 6) is 0.420. The van der Waals surface area contributed by atoms with Crippen molar-refractivity contribution < 1.29 is 8.82 Å². The topological polar surface area (TPSA) is 9.23 Å². The van der Waals surface area contributed by atoms with Gasteiger partial charge in [-0.1, -0.05) is 0 Å². The summed E-state index contributed by atoms with van der Waals surface area (Å²) in [6.45, 7) is 4.03. The molecule has 0 N–H and O–H groups in total. The van der Waals surface area contributed by atoms with E-state index in [9.17, 15) is 4.39 Å². The summed E-state index contributed by atoms with van der Waals surface area (Å²) < 4.78 is 19.0. The minimum atomic E-state index is -0.785. The summed E-state index contributed by atoms with van der Waals surface area (Å²) in [7, 11) is -0.785. The molecule has 0 bridgehead atoms. The van der Waals surface area contributed by atoms with Crippen LogP contribution in [0, 0.1) is 9.39 Å². The van der Waals surface area contributed by atoms with Gasteiger partial charge in [-0.25, -0.2) is 4.39 Å². The van der Waals surface area contributed by atoms with Gasteiger partial charge < -0.3 is 4.43 Å². The van der Waals surface area contributed by atoms with Crippen LogP contribution >= 0.6 is 22.6 Å². The highest BCUT2D eigenvalue weighted by Crippen LogP contribution is 2.18. The van der Waals surface area contributed by atoms with E-state index >= 15 is 0 Å². The molecule has 0 aliphatic heterocycles. The van der Waals surface area contributed by atoms with Crippen LogP contribution in [0.5, 0.6) is 5.75 Å². The maximum atomic E-state index is 13.0. The number of hydrogen-bond donors (Lipinski definition) is 0. The molecule has 0 unspecified atom stereocenters. The van der Waals surface area contributed by atoms with Crippen LogP contribution < -0.4 is 4.43 Å². The number of hydrogen-bond acceptors (Lipinski definition) is 1. The van der Waals surface area contributed by atoms with Crippen LogP contribution in [0.15, 0.2) is 18.2 Å². The van der Waals surface area contributed by atoms with Gasteiger partial charge in [-0.3, -0.25) is 0 Å². The van der Waals surface area contributed by atoms with E-state index in [-0.39, 0.29) is 5.82 Å². The van der Waals surface area contributed by atoms with Crippen molar-refractivity contribution in [1.29, 1.82) is 0 Å². The summed E-state index contributed by atoms with van der Waals surface area (Å²) in [4.78, 5) is 0. The minimum Gasteiger partial charge on any atom is -0.543 e. The van der Waals surface area contributed by atoms with Gasteiger partial charge in [0.25, 0.3) is 9.04 Å². The third-order valence-electron chi connectivity index (χ3n) is 1.21. The normalized spacial score (nSPS) is 10.4. The highest BCUT2D eigenvalue weighted by atomic mass is 127. The smallest absolute Gasteiger partial charge is 0.274 e. The number of benzene rings is 1. The van der Waals surface area contributed by atoms with Gasteiger partial charge in [-0.05, 0) is 47.8 Å². The molecular weight excluding hydrogens is 286 g/mol. The van der Waals surface area contributed by atoms with Gasteiger partial charge in [0, 0.05) is 9.64 Å². The van der Waals surface area contributed by atoms with Crippen LogP contribution in [0.25, 0.3) is 0 Å². The SMILES string of the molecule is C[Si](C)Oc1ccc(I)c(F)c1. The molecule has 0 saturated heterocycles. The molecule has 1 rings (SSSR count). The molecule has 12 heavy (non-hydrogen) atoms. The lowest BCUT2D eigenvalue weighted by molar-refractivity contribution is 0.560. The van der Waals surface area contributed by atoms with E-state index in [0.29, 0.717) is 9.32 Å². The predicted octanol–water partition coefficient (Wildman–Crippen LogP) is 3.06. The van der Waals surface area contributed by atoms with Gasteiger partial charge in [0.15, 0.2) is 0 Å². The molecule has 1 aromatic carbocycles. The van der Waals surface area contributed by atoms with Crippen LogP contribution in [-0.4, -0.2) is 9.04 Å². The summed E-state index contributed by atoms with van der Waals surface area (Å²) in [6, 6.07) is 4.94. The van der Waals surface area contributed by atoms with Crippen molar-refractivity contribution in [3.8, 4) is 5.75 Å². The van der Waals surface area contributed by atoms with Crippen molar-refractivity contribution in [1.82, 2.24) is 0 Å². The highest BCUT2D eigenvalue weighted by Gasteiger charge is 2.03. The standard InChI is InChI=1S/C8H9FIOSi/c1-12(2)11-6-3-4-8(10)7(9)5-6/h3-5H,1-2H3. The average Bonchev–Trinajstić information content (AvgIpc) is 1.96. The van der Waals surface area contributed by atoms with E-state index in [2.05, 4.69) is 0 Å². The van der Waals surface area contributed by atoms with E-state index < -0.39 is 9.04 Å². The molecule has 1 nitrogen and oxygen atoms in total. The quantitative estimate of drug-likeness (QED) is 0.602. The first-order valence-corrected chi connectivity index (χ1v) is 7.01. The van der Waals surface area contributed by atoms with Gasteiger partial charge >= 0.3 is 0 Å². The van der Waals surface area contributed by atoms with Crippen molar-refractivity contribution in [2.24, 2.45) is 0 Å². The molecule has 0 atom stereocenters. The molecule has 1 aromatic rings. The molecule has 0 heterocycles. The fourth-order valence-corrected chi connectivity index (χ4v) is 1.71. The second-order valence-corrected chi connectivity index (χ2v) is 5.77. The van der Waals surface area contributed by atoms with Crippen molar-refractivity contribution >= 4 is 31.6 Å². The van der Waals surface area contributed by atoms with Crippen molar-refractivity contribution in [2.45, 2.75) is 13.1 Å². The third-order valence-corrected chi connectivity index (χ3v) is 2.73. The Hall–Kier alpha value is -0.103. The summed E-state index contributed by atoms with van der Waals surface area (Å²) in [5, 5.41) is 0. The molecular formula is C8H9FIOSi. The van der Waals surface area contributed by atoms with Crippen LogP contribution in [0.2, 0.25) is 13.1 Å². The molecule has 0 fully saturated rings. The lowest BCUT2D eigenvalue weighted by atomic mass is 10.3. The fourth-order valence-electron chi connectivity index (χ4n) is 0.776. The van der Waals surface area contributed by atoms with E-state index in [4.69, 9.17) is 4.43 Å². The predicted molar refractivity (Wildman–Crippen MR) is 57.2 cm³/mol. The average molecular weight is 295 g/mol. The molecule has 1 radical (unpaired) electrons. The Bertz CT molecular complexity index is 278. The monoisotopic (exact) mass is 295 g/mol. The molecule has 0 amide bonds. The first-order valence-electron chi connectivity index (χ1n) is 3.52. The van der Waals surface area contributed by atoms with Crippen molar-refractivity contribution in [3.05, 3.63) is 27.6 Å². The Balaban J connectivity index is 2.82. The first-order chi connectivity index (χ1) is 5.59. The summed E-state index contributed by atoms with van der Waals surface area (Å²) >= 11 is 1.95. The Morgan fingerprint density at radius 3 is 2.58 bits per heavy atom. The second kappa shape index (κ2) is 4.22. The van der Waals surface area contributed by atoms with Gasteiger partial charge in [0.1, 0.15) is 11.6 Å². The maximum Gasteiger partial charge on any atom is 0.274 e. The number of halogens is 2. The zero-order chi connectivity index (χ0) is 9.14. The molecule has 0 aliphatic carbocycles. The van der Waals surface area contributed by atoms with Crippen molar-refractivity contribution in [2.75, 3.05) is 0 Å². The van der Waals surface area contributed by atoms with E-state index in [0.717, 1.165) is 0 Å².